The first-order valence-electron chi connectivity index (χ1n) is 15.4. The van der Waals surface area contributed by atoms with Crippen LogP contribution in [0.4, 0.5) is 10.2 Å². The number of anilines is 1. The van der Waals surface area contributed by atoms with Crippen LogP contribution < -0.4 is 9.64 Å². The summed E-state index contributed by atoms with van der Waals surface area (Å²) in [7, 11) is 2.24. The van der Waals surface area contributed by atoms with Crippen molar-refractivity contribution in [3.05, 3.63) is 42.1 Å². The summed E-state index contributed by atoms with van der Waals surface area (Å²) in [4.78, 5) is 31.5. The molecule has 9 heteroatoms. The van der Waals surface area contributed by atoms with Gasteiger partial charge in [0.1, 0.15) is 17.9 Å². The molecular formula is C32H47FN6O2. The van der Waals surface area contributed by atoms with Crippen LogP contribution in [0.25, 0.3) is 0 Å². The van der Waals surface area contributed by atoms with Crippen LogP contribution in [0.1, 0.15) is 70.2 Å². The molecule has 0 radical (unpaired) electrons. The van der Waals surface area contributed by atoms with Gasteiger partial charge in [0.05, 0.1) is 11.8 Å². The summed E-state index contributed by atoms with van der Waals surface area (Å²) >= 11 is 0. The predicted molar refractivity (Wildman–Crippen MR) is 160 cm³/mol. The summed E-state index contributed by atoms with van der Waals surface area (Å²) in [5.74, 6) is 1.35. The molecule has 1 spiro atoms. The van der Waals surface area contributed by atoms with Crippen molar-refractivity contribution in [2.75, 3.05) is 57.8 Å². The van der Waals surface area contributed by atoms with Crippen molar-refractivity contribution in [3.63, 3.8) is 0 Å². The molecule has 0 bridgehead atoms. The van der Waals surface area contributed by atoms with E-state index in [0.29, 0.717) is 22.8 Å². The number of aromatic nitrogens is 2. The van der Waals surface area contributed by atoms with E-state index in [1.165, 1.54) is 76.4 Å². The molecule has 5 rings (SSSR count). The van der Waals surface area contributed by atoms with Crippen LogP contribution in [0.15, 0.2) is 30.7 Å². The monoisotopic (exact) mass is 566 g/mol. The van der Waals surface area contributed by atoms with Gasteiger partial charge in [-0.2, -0.15) is 0 Å². The highest BCUT2D eigenvalue weighted by Gasteiger charge is 2.38. The third-order valence-electron chi connectivity index (χ3n) is 9.46. The van der Waals surface area contributed by atoms with Gasteiger partial charge >= 0.3 is 0 Å². The van der Waals surface area contributed by atoms with Gasteiger partial charge < -0.3 is 24.3 Å². The smallest absolute Gasteiger partial charge is 0.258 e. The van der Waals surface area contributed by atoms with Crippen molar-refractivity contribution in [2.45, 2.75) is 71.9 Å². The molecule has 1 amide bonds. The number of carbonyl (C=O) groups is 1. The molecule has 3 fully saturated rings. The van der Waals surface area contributed by atoms with Gasteiger partial charge in [-0.1, -0.05) is 0 Å². The topological polar surface area (TPSA) is 65.0 Å². The van der Waals surface area contributed by atoms with E-state index >= 15 is 0 Å². The molecule has 1 aromatic carbocycles. The van der Waals surface area contributed by atoms with Crippen molar-refractivity contribution in [1.82, 2.24) is 24.7 Å². The minimum atomic E-state index is -0.473. The Morgan fingerprint density at radius 2 is 1.73 bits per heavy atom. The number of benzene rings is 1. The molecular weight excluding hydrogens is 519 g/mol. The van der Waals surface area contributed by atoms with Gasteiger partial charge in [-0.25, -0.2) is 14.4 Å². The normalized spacial score (nSPS) is 21.7. The largest absolute Gasteiger partial charge is 0.451 e. The van der Waals surface area contributed by atoms with Crippen LogP contribution in [0.2, 0.25) is 0 Å². The summed E-state index contributed by atoms with van der Waals surface area (Å²) in [5.41, 5.74) is 0.772. The van der Waals surface area contributed by atoms with Crippen molar-refractivity contribution >= 4 is 11.7 Å². The van der Waals surface area contributed by atoms with Gasteiger partial charge in [-0.05, 0) is 123 Å². The van der Waals surface area contributed by atoms with E-state index in [2.05, 4.69) is 31.7 Å². The van der Waals surface area contributed by atoms with E-state index < -0.39 is 5.82 Å². The number of piperidine rings is 2. The fourth-order valence-electron chi connectivity index (χ4n) is 7.04. The quantitative estimate of drug-likeness (QED) is 0.430. The maximum Gasteiger partial charge on any atom is 0.258 e. The Morgan fingerprint density at radius 1 is 1.05 bits per heavy atom. The van der Waals surface area contributed by atoms with Crippen LogP contribution in [-0.2, 0) is 0 Å². The Morgan fingerprint density at radius 3 is 2.41 bits per heavy atom. The third-order valence-corrected chi connectivity index (χ3v) is 9.46. The lowest BCUT2D eigenvalue weighted by Gasteiger charge is -2.46. The van der Waals surface area contributed by atoms with Crippen molar-refractivity contribution in [3.8, 4) is 11.5 Å². The predicted octanol–water partition coefficient (Wildman–Crippen LogP) is 5.30. The summed E-state index contributed by atoms with van der Waals surface area (Å²) in [6, 6.07) is 4.04. The second-order valence-electron chi connectivity index (χ2n) is 13.1. The zero-order chi connectivity index (χ0) is 29.1. The number of likely N-dealkylation sites (tertiary alicyclic amines) is 2. The van der Waals surface area contributed by atoms with E-state index in [9.17, 15) is 9.18 Å². The molecule has 1 aromatic heterocycles. The molecule has 2 aromatic rings. The zero-order valence-corrected chi connectivity index (χ0v) is 25.5. The van der Waals surface area contributed by atoms with E-state index in [1.807, 2.05) is 27.7 Å². The fourth-order valence-corrected chi connectivity index (χ4v) is 7.04. The Bertz CT molecular complexity index is 1180. The van der Waals surface area contributed by atoms with Gasteiger partial charge in [0, 0.05) is 31.7 Å². The molecule has 1 atom stereocenters. The number of hydrogen-bond donors (Lipinski definition) is 0. The SMILES string of the molecule is CC(C)N(C(=O)c1cc(F)ccc1Oc1cncnc1N1CC[C@@H](CN2CCC3(CCN(C)CC3)CC2)C1)C(C)C. The minimum absolute atomic E-state index is 0.0365. The molecule has 3 aliphatic heterocycles. The number of carbonyl (C=O) groups excluding carboxylic acids is 1. The molecule has 3 saturated heterocycles. The number of amides is 1. The fraction of sp³-hybridized carbons (Fsp3) is 0.656. The van der Waals surface area contributed by atoms with E-state index in [1.54, 1.807) is 11.1 Å². The molecule has 0 unspecified atom stereocenters. The number of halogens is 1. The van der Waals surface area contributed by atoms with Gasteiger partial charge in [-0.15, -0.1) is 0 Å². The maximum atomic E-state index is 14.3. The average Bonchev–Trinajstić information content (AvgIpc) is 3.41. The Labute approximate surface area is 244 Å². The lowest BCUT2D eigenvalue weighted by Crippen LogP contribution is -2.47. The summed E-state index contributed by atoms with van der Waals surface area (Å²) in [6.45, 7) is 15.6. The molecule has 0 N–H and O–H groups in total. The van der Waals surface area contributed by atoms with Crippen molar-refractivity contribution < 1.29 is 13.9 Å². The first kappa shape index (κ1) is 29.7. The summed E-state index contributed by atoms with van der Waals surface area (Å²) in [6.07, 6.45) is 9.63. The van der Waals surface area contributed by atoms with Crippen LogP contribution in [0.3, 0.4) is 0 Å². The molecule has 8 nitrogen and oxygen atoms in total. The highest BCUT2D eigenvalue weighted by Crippen LogP contribution is 2.41. The van der Waals surface area contributed by atoms with Crippen LogP contribution in [0, 0.1) is 17.2 Å². The summed E-state index contributed by atoms with van der Waals surface area (Å²) < 4.78 is 20.6. The minimum Gasteiger partial charge on any atom is -0.451 e. The van der Waals surface area contributed by atoms with Gasteiger partial charge in [0.25, 0.3) is 5.91 Å². The molecule has 3 aliphatic rings. The van der Waals surface area contributed by atoms with Crippen LogP contribution in [-0.4, -0.2) is 95.5 Å². The van der Waals surface area contributed by atoms with Crippen LogP contribution >= 0.6 is 0 Å². The third kappa shape index (κ3) is 6.83. The maximum absolute atomic E-state index is 14.3. The molecule has 4 heterocycles. The lowest BCUT2D eigenvalue weighted by molar-refractivity contribution is 0.0383. The Hall–Kier alpha value is -2.78. The van der Waals surface area contributed by atoms with E-state index in [4.69, 9.17) is 4.74 Å². The second kappa shape index (κ2) is 12.6. The molecule has 41 heavy (non-hydrogen) atoms. The van der Waals surface area contributed by atoms with E-state index in [0.717, 1.165) is 31.9 Å². The zero-order valence-electron chi connectivity index (χ0n) is 25.5. The Kier molecular flexibility index (Phi) is 9.14. The standard InChI is InChI=1S/C32H47FN6O2/c1-23(2)39(24(3)4)31(40)27-18-26(33)6-7-28(27)41-29-19-34-22-35-30(29)38-13-8-25(21-38)20-37-16-11-32(12-17-37)9-14-36(5)15-10-32/h6-7,18-19,22-25H,8-17,20-21H2,1-5H3/t25-/m0/s1. The molecule has 0 saturated carbocycles. The summed E-state index contributed by atoms with van der Waals surface area (Å²) in [5, 5.41) is 0. The number of ether oxygens (including phenoxy) is 1. The van der Waals surface area contributed by atoms with Gasteiger partial charge in [0.2, 0.25) is 0 Å². The van der Waals surface area contributed by atoms with Crippen molar-refractivity contribution in [2.24, 2.45) is 11.3 Å². The molecule has 0 aliphatic carbocycles. The highest BCUT2D eigenvalue weighted by molar-refractivity contribution is 5.97. The van der Waals surface area contributed by atoms with E-state index in [-0.39, 0.29) is 23.6 Å². The van der Waals surface area contributed by atoms with Crippen molar-refractivity contribution in [1.29, 1.82) is 0 Å². The number of rotatable bonds is 8. The second-order valence-corrected chi connectivity index (χ2v) is 13.1. The Balaban J connectivity index is 1.24. The first-order valence-corrected chi connectivity index (χ1v) is 15.4. The first-order chi connectivity index (χ1) is 19.6. The van der Waals surface area contributed by atoms with Gasteiger partial charge in [-0.3, -0.25) is 4.79 Å². The number of hydrogen-bond acceptors (Lipinski definition) is 7. The number of nitrogens with zero attached hydrogens (tertiary/aromatic N) is 6. The van der Waals surface area contributed by atoms with Crippen LogP contribution in [0.5, 0.6) is 11.5 Å². The average molecular weight is 567 g/mol. The van der Waals surface area contributed by atoms with Gasteiger partial charge in [0.15, 0.2) is 11.6 Å². The lowest BCUT2D eigenvalue weighted by atomic mass is 9.71. The highest BCUT2D eigenvalue weighted by atomic mass is 19.1. The molecule has 224 valence electrons.